The third-order valence-electron chi connectivity index (χ3n) is 4.94. The molecule has 1 N–H and O–H groups in total. The molecule has 4 aromatic carbocycles. The van der Waals surface area contributed by atoms with E-state index >= 15 is 0 Å². The maximum atomic E-state index is 12.7. The van der Waals surface area contributed by atoms with E-state index in [-0.39, 0.29) is 5.91 Å². The lowest BCUT2D eigenvalue weighted by molar-refractivity contribution is 0.102. The van der Waals surface area contributed by atoms with E-state index < -0.39 is 0 Å². The van der Waals surface area contributed by atoms with Crippen molar-refractivity contribution in [2.24, 2.45) is 0 Å². The van der Waals surface area contributed by atoms with Crippen molar-refractivity contribution in [1.82, 2.24) is 0 Å². The van der Waals surface area contributed by atoms with E-state index in [0.29, 0.717) is 49.2 Å². The van der Waals surface area contributed by atoms with Crippen LogP contribution in [0.2, 0.25) is 0 Å². The van der Waals surface area contributed by atoms with Gasteiger partial charge in [0.25, 0.3) is 5.91 Å². The molecule has 0 unspecified atom stereocenters. The molecule has 1 amide bonds. The molecule has 0 fully saturated rings. The number of rotatable bonds is 12. The van der Waals surface area contributed by atoms with E-state index in [4.69, 9.17) is 18.9 Å². The fourth-order valence-electron chi connectivity index (χ4n) is 3.24. The molecular weight excluding hydrogens is 442 g/mol. The number of carbonyl (C=O) groups excluding carboxylic acids is 1. The average molecular weight is 470 g/mol. The van der Waals surface area contributed by atoms with Crippen molar-refractivity contribution in [3.05, 3.63) is 115 Å². The third kappa shape index (κ3) is 7.82. The Morgan fingerprint density at radius 1 is 0.514 bits per heavy atom. The van der Waals surface area contributed by atoms with Gasteiger partial charge >= 0.3 is 0 Å². The Kier molecular flexibility index (Phi) is 8.60. The summed E-state index contributed by atoms with van der Waals surface area (Å²) < 4.78 is 22.7. The smallest absolute Gasteiger partial charge is 0.255 e. The fraction of sp³-hybridized carbons (Fsp3) is 0.138. The molecule has 6 heteroatoms. The Balaban J connectivity index is 1.20. The molecule has 0 spiro atoms. The Hall–Kier alpha value is -4.45. The third-order valence-corrected chi connectivity index (χ3v) is 4.94. The van der Waals surface area contributed by atoms with Gasteiger partial charge in [0.05, 0.1) is 0 Å². The van der Waals surface area contributed by atoms with Gasteiger partial charge in [-0.15, -0.1) is 0 Å². The highest BCUT2D eigenvalue weighted by Gasteiger charge is 2.08. The first-order valence-corrected chi connectivity index (χ1v) is 11.4. The molecule has 4 aromatic rings. The van der Waals surface area contributed by atoms with Crippen LogP contribution in [0.15, 0.2) is 109 Å². The van der Waals surface area contributed by atoms with Crippen LogP contribution < -0.4 is 24.3 Å². The zero-order valence-electron chi connectivity index (χ0n) is 19.3. The Morgan fingerprint density at radius 2 is 0.971 bits per heavy atom. The zero-order valence-corrected chi connectivity index (χ0v) is 19.3. The topological polar surface area (TPSA) is 66.0 Å². The molecule has 0 atom stereocenters. The van der Waals surface area contributed by atoms with Crippen LogP contribution in [0.3, 0.4) is 0 Å². The molecule has 6 nitrogen and oxygen atoms in total. The fourth-order valence-corrected chi connectivity index (χ4v) is 3.24. The summed E-state index contributed by atoms with van der Waals surface area (Å²) in [5.74, 6) is 2.69. The van der Waals surface area contributed by atoms with Gasteiger partial charge in [-0.1, -0.05) is 42.5 Å². The van der Waals surface area contributed by atoms with Gasteiger partial charge in [0, 0.05) is 11.3 Å². The number of nitrogens with one attached hydrogen (secondary N) is 1. The second kappa shape index (κ2) is 12.7. The van der Waals surface area contributed by atoms with E-state index in [0.717, 1.165) is 11.5 Å². The summed E-state index contributed by atoms with van der Waals surface area (Å²) >= 11 is 0. The standard InChI is InChI=1S/C29H27NO5/c31-29(23-8-7-13-28(22-23)35-21-20-33-26-11-5-2-6-12-26)30-24-14-16-27(17-15-24)34-19-18-32-25-9-3-1-4-10-25/h1-17,22H,18-21H2,(H,30,31). The monoisotopic (exact) mass is 469 g/mol. The molecular formula is C29H27NO5. The highest BCUT2D eigenvalue weighted by molar-refractivity contribution is 6.04. The van der Waals surface area contributed by atoms with Crippen molar-refractivity contribution in [1.29, 1.82) is 0 Å². The molecule has 0 heterocycles. The number of para-hydroxylation sites is 2. The molecule has 0 aliphatic carbocycles. The van der Waals surface area contributed by atoms with E-state index in [9.17, 15) is 4.79 Å². The van der Waals surface area contributed by atoms with Crippen LogP contribution in [-0.4, -0.2) is 32.3 Å². The first-order chi connectivity index (χ1) is 17.3. The molecule has 35 heavy (non-hydrogen) atoms. The van der Waals surface area contributed by atoms with Gasteiger partial charge < -0.3 is 24.3 Å². The average Bonchev–Trinajstić information content (AvgIpc) is 2.91. The molecule has 0 bridgehead atoms. The number of benzene rings is 4. The largest absolute Gasteiger partial charge is 0.490 e. The molecule has 4 rings (SSSR count). The summed E-state index contributed by atoms with van der Waals surface area (Å²) in [6, 6.07) is 33.4. The number of anilines is 1. The Bertz CT molecular complexity index is 1180. The van der Waals surface area contributed by atoms with E-state index in [1.54, 1.807) is 30.3 Å². The number of ether oxygens (including phenoxy) is 4. The lowest BCUT2D eigenvalue weighted by Gasteiger charge is -2.11. The number of hydrogen-bond acceptors (Lipinski definition) is 5. The second-order valence-electron chi connectivity index (χ2n) is 7.53. The van der Waals surface area contributed by atoms with Gasteiger partial charge in [0.1, 0.15) is 49.4 Å². The van der Waals surface area contributed by atoms with Gasteiger partial charge in [-0.3, -0.25) is 4.79 Å². The van der Waals surface area contributed by atoms with Gasteiger partial charge in [0.2, 0.25) is 0 Å². The van der Waals surface area contributed by atoms with Crippen molar-refractivity contribution in [3.8, 4) is 23.0 Å². The van der Waals surface area contributed by atoms with Crippen molar-refractivity contribution in [3.63, 3.8) is 0 Å². The van der Waals surface area contributed by atoms with Crippen molar-refractivity contribution in [2.75, 3.05) is 31.7 Å². The SMILES string of the molecule is O=C(Nc1ccc(OCCOc2ccccc2)cc1)c1cccc(OCCOc2ccccc2)c1. The maximum Gasteiger partial charge on any atom is 0.255 e. The van der Waals surface area contributed by atoms with E-state index in [1.807, 2.05) is 78.9 Å². The van der Waals surface area contributed by atoms with Crippen molar-refractivity contribution < 1.29 is 23.7 Å². The predicted molar refractivity (Wildman–Crippen MR) is 136 cm³/mol. The number of carbonyl (C=O) groups is 1. The molecule has 0 aromatic heterocycles. The molecule has 0 aliphatic rings. The Morgan fingerprint density at radius 3 is 1.51 bits per heavy atom. The first kappa shape index (κ1) is 23.7. The van der Waals surface area contributed by atoms with Crippen molar-refractivity contribution >= 4 is 11.6 Å². The number of amides is 1. The van der Waals surface area contributed by atoms with E-state index in [2.05, 4.69) is 5.32 Å². The highest BCUT2D eigenvalue weighted by Crippen LogP contribution is 2.19. The summed E-state index contributed by atoms with van der Waals surface area (Å²) in [6.07, 6.45) is 0. The summed E-state index contributed by atoms with van der Waals surface area (Å²) in [6.45, 7) is 1.65. The maximum absolute atomic E-state index is 12.7. The summed E-state index contributed by atoms with van der Waals surface area (Å²) in [7, 11) is 0. The Labute approximate surface area is 205 Å². The summed E-state index contributed by atoms with van der Waals surface area (Å²) in [5.41, 5.74) is 1.18. The van der Waals surface area contributed by atoms with Crippen LogP contribution in [0.4, 0.5) is 5.69 Å². The van der Waals surface area contributed by atoms with Crippen molar-refractivity contribution in [2.45, 2.75) is 0 Å². The zero-order chi connectivity index (χ0) is 24.1. The molecule has 0 saturated carbocycles. The van der Waals surface area contributed by atoms with Gasteiger partial charge in [0.15, 0.2) is 0 Å². The van der Waals surface area contributed by atoms with Gasteiger partial charge in [-0.2, -0.15) is 0 Å². The second-order valence-corrected chi connectivity index (χ2v) is 7.53. The lowest BCUT2D eigenvalue weighted by atomic mass is 10.2. The quantitative estimate of drug-likeness (QED) is 0.264. The number of hydrogen-bond donors (Lipinski definition) is 1. The van der Waals surface area contributed by atoms with E-state index in [1.165, 1.54) is 0 Å². The van der Waals surface area contributed by atoms with Crippen LogP contribution >= 0.6 is 0 Å². The molecule has 178 valence electrons. The normalized spacial score (nSPS) is 10.3. The minimum atomic E-state index is -0.221. The highest BCUT2D eigenvalue weighted by atomic mass is 16.5. The summed E-state index contributed by atoms with van der Waals surface area (Å²) in [5, 5.41) is 2.89. The molecule has 0 radical (unpaired) electrons. The van der Waals surface area contributed by atoms with Crippen LogP contribution in [0.5, 0.6) is 23.0 Å². The first-order valence-electron chi connectivity index (χ1n) is 11.4. The summed E-state index contributed by atoms with van der Waals surface area (Å²) in [4.78, 5) is 12.7. The van der Waals surface area contributed by atoms with Crippen LogP contribution in [-0.2, 0) is 0 Å². The lowest BCUT2D eigenvalue weighted by Crippen LogP contribution is -2.13. The minimum Gasteiger partial charge on any atom is -0.490 e. The van der Waals surface area contributed by atoms with Gasteiger partial charge in [-0.25, -0.2) is 0 Å². The van der Waals surface area contributed by atoms with Crippen LogP contribution in [0.25, 0.3) is 0 Å². The molecule has 0 saturated heterocycles. The van der Waals surface area contributed by atoms with Crippen LogP contribution in [0, 0.1) is 0 Å². The van der Waals surface area contributed by atoms with Gasteiger partial charge in [-0.05, 0) is 66.7 Å². The molecule has 0 aliphatic heterocycles. The predicted octanol–water partition coefficient (Wildman–Crippen LogP) is 5.85. The van der Waals surface area contributed by atoms with Crippen LogP contribution in [0.1, 0.15) is 10.4 Å². The minimum absolute atomic E-state index is 0.221.